The summed E-state index contributed by atoms with van der Waals surface area (Å²) in [6, 6.07) is 12.0. The Morgan fingerprint density at radius 1 is 1.23 bits per heavy atom. The summed E-state index contributed by atoms with van der Waals surface area (Å²) in [6.07, 6.45) is 0.866. The molecule has 1 amide bonds. The molecule has 0 aliphatic carbocycles. The van der Waals surface area contributed by atoms with Crippen molar-refractivity contribution < 1.29 is 9.53 Å². The minimum Gasteiger partial charge on any atom is -0.497 e. The Balaban J connectivity index is 1.84. The highest BCUT2D eigenvalue weighted by atomic mass is 79.9. The van der Waals surface area contributed by atoms with Crippen molar-refractivity contribution in [1.82, 2.24) is 10.3 Å². The zero-order valence-electron chi connectivity index (χ0n) is 14.5. The van der Waals surface area contributed by atoms with E-state index in [1.165, 1.54) is 5.56 Å². The van der Waals surface area contributed by atoms with Crippen LogP contribution in [-0.2, 0) is 16.8 Å². The van der Waals surface area contributed by atoms with Crippen LogP contribution < -0.4 is 15.0 Å². The van der Waals surface area contributed by atoms with E-state index in [-0.39, 0.29) is 5.91 Å². The van der Waals surface area contributed by atoms with E-state index >= 15 is 0 Å². The predicted octanol–water partition coefficient (Wildman–Crippen LogP) is 3.30. The molecule has 5 nitrogen and oxygen atoms in total. The Kier molecular flexibility index (Phi) is 3.27. The van der Waals surface area contributed by atoms with Gasteiger partial charge in [0.15, 0.2) is 5.54 Å². The first kappa shape index (κ1) is 15.9. The molecule has 1 aromatic heterocycles. The molecule has 3 aromatic rings. The van der Waals surface area contributed by atoms with Crippen LogP contribution in [0, 0.1) is 0 Å². The standard InChI is InChI=1S/C20H18BrN3O2/c1-24-17-6-3-11(21)9-15(17)20(19(24)25)18-13(7-8-22-20)14-10-12(26-2)4-5-16(14)23-18/h3-6,9-10,22-23H,7-8H2,1-2H3/t20-/m0/s1. The monoisotopic (exact) mass is 411 g/mol. The third-order valence-electron chi connectivity index (χ3n) is 5.60. The number of H-pyrrole nitrogens is 1. The van der Waals surface area contributed by atoms with E-state index < -0.39 is 5.54 Å². The van der Waals surface area contributed by atoms with E-state index in [2.05, 4.69) is 32.3 Å². The number of aromatic amines is 1. The number of methoxy groups -OCH3 is 1. The maximum Gasteiger partial charge on any atom is 0.257 e. The molecule has 3 heterocycles. The number of nitrogens with one attached hydrogen (secondary N) is 2. The normalized spacial score (nSPS) is 21.3. The lowest BCUT2D eigenvalue weighted by Crippen LogP contribution is -2.54. The van der Waals surface area contributed by atoms with E-state index in [1.54, 1.807) is 12.0 Å². The van der Waals surface area contributed by atoms with E-state index in [4.69, 9.17) is 4.74 Å². The number of likely N-dealkylation sites (N-methyl/N-ethyl adjacent to an activating group) is 1. The number of aromatic nitrogens is 1. The summed E-state index contributed by atoms with van der Waals surface area (Å²) in [7, 11) is 3.51. The van der Waals surface area contributed by atoms with E-state index in [1.807, 2.05) is 37.4 Å². The minimum atomic E-state index is -0.867. The van der Waals surface area contributed by atoms with Gasteiger partial charge in [-0.1, -0.05) is 15.9 Å². The topological polar surface area (TPSA) is 57.4 Å². The quantitative estimate of drug-likeness (QED) is 0.645. The van der Waals surface area contributed by atoms with Crippen LogP contribution in [0.1, 0.15) is 16.8 Å². The molecule has 132 valence electrons. The predicted molar refractivity (Wildman–Crippen MR) is 105 cm³/mol. The molecule has 26 heavy (non-hydrogen) atoms. The summed E-state index contributed by atoms with van der Waals surface area (Å²) in [6.45, 7) is 0.739. The lowest BCUT2D eigenvalue weighted by molar-refractivity contribution is -0.122. The highest BCUT2D eigenvalue weighted by Gasteiger charge is 2.54. The van der Waals surface area contributed by atoms with E-state index in [9.17, 15) is 4.79 Å². The largest absolute Gasteiger partial charge is 0.497 e. The average molecular weight is 412 g/mol. The molecule has 0 fully saturated rings. The molecule has 0 saturated carbocycles. The zero-order chi connectivity index (χ0) is 18.1. The van der Waals surface area contributed by atoms with Crippen molar-refractivity contribution in [3.05, 3.63) is 57.7 Å². The number of amides is 1. The van der Waals surface area contributed by atoms with Crippen molar-refractivity contribution in [2.45, 2.75) is 12.0 Å². The number of hydrogen-bond acceptors (Lipinski definition) is 3. The van der Waals surface area contributed by atoms with Crippen molar-refractivity contribution in [1.29, 1.82) is 0 Å². The summed E-state index contributed by atoms with van der Waals surface area (Å²) >= 11 is 3.56. The summed E-state index contributed by atoms with van der Waals surface area (Å²) in [5.74, 6) is 0.870. The fraction of sp³-hybridized carbons (Fsp3) is 0.250. The van der Waals surface area contributed by atoms with Crippen LogP contribution in [-0.4, -0.2) is 31.6 Å². The van der Waals surface area contributed by atoms with Gasteiger partial charge in [0.2, 0.25) is 0 Å². The van der Waals surface area contributed by atoms with Crippen LogP contribution in [0.5, 0.6) is 5.75 Å². The SMILES string of the molecule is COc1ccc2[nH]c3c(c2c1)CCN[C@]31C(=O)N(C)c2ccc(Br)cc21. The van der Waals surface area contributed by atoms with Gasteiger partial charge in [-0.05, 0) is 48.4 Å². The Labute approximate surface area is 159 Å². The van der Waals surface area contributed by atoms with Gasteiger partial charge >= 0.3 is 0 Å². The molecule has 1 atom stereocenters. The Bertz CT molecular complexity index is 1070. The Morgan fingerprint density at radius 2 is 2.08 bits per heavy atom. The van der Waals surface area contributed by atoms with Crippen LogP contribution in [0.3, 0.4) is 0 Å². The summed E-state index contributed by atoms with van der Waals surface area (Å²) in [5, 5.41) is 4.65. The lowest BCUT2D eigenvalue weighted by atomic mass is 9.82. The number of anilines is 1. The molecule has 5 rings (SSSR count). The first-order chi connectivity index (χ1) is 12.6. The number of fused-ring (bicyclic) bond motifs is 6. The second kappa shape index (κ2) is 5.34. The number of benzene rings is 2. The lowest BCUT2D eigenvalue weighted by Gasteiger charge is -2.34. The van der Waals surface area contributed by atoms with Crippen LogP contribution >= 0.6 is 15.9 Å². The fourth-order valence-electron chi connectivity index (χ4n) is 4.39. The summed E-state index contributed by atoms with van der Waals surface area (Å²) in [4.78, 5) is 18.7. The van der Waals surface area contributed by atoms with Gasteiger partial charge in [-0.2, -0.15) is 0 Å². The number of rotatable bonds is 1. The summed E-state index contributed by atoms with van der Waals surface area (Å²) in [5.41, 5.74) is 4.22. The van der Waals surface area contributed by atoms with Crippen molar-refractivity contribution in [2.75, 3.05) is 25.6 Å². The molecule has 2 aromatic carbocycles. The van der Waals surface area contributed by atoms with Crippen LogP contribution in [0.4, 0.5) is 5.69 Å². The smallest absolute Gasteiger partial charge is 0.257 e. The Morgan fingerprint density at radius 3 is 2.88 bits per heavy atom. The van der Waals surface area contributed by atoms with Crippen LogP contribution in [0.2, 0.25) is 0 Å². The second-order valence-electron chi connectivity index (χ2n) is 6.84. The number of carbonyl (C=O) groups is 1. The highest BCUT2D eigenvalue weighted by Crippen LogP contribution is 2.48. The first-order valence-electron chi connectivity index (χ1n) is 8.58. The maximum atomic E-state index is 13.4. The minimum absolute atomic E-state index is 0.0464. The molecule has 2 aliphatic heterocycles. The molecular weight excluding hydrogens is 394 g/mol. The van der Waals surface area contributed by atoms with E-state index in [0.717, 1.165) is 51.0 Å². The fourth-order valence-corrected chi connectivity index (χ4v) is 4.75. The Hall–Kier alpha value is -2.31. The molecule has 0 radical (unpaired) electrons. The second-order valence-corrected chi connectivity index (χ2v) is 7.76. The maximum absolute atomic E-state index is 13.4. The van der Waals surface area contributed by atoms with Gasteiger partial charge in [0.1, 0.15) is 5.75 Å². The molecular formula is C20H18BrN3O2. The number of nitrogens with zero attached hydrogens (tertiary/aromatic N) is 1. The summed E-state index contributed by atoms with van der Waals surface area (Å²) < 4.78 is 6.36. The molecule has 2 aliphatic rings. The first-order valence-corrected chi connectivity index (χ1v) is 9.38. The average Bonchev–Trinajstić information content (AvgIpc) is 3.12. The van der Waals surface area contributed by atoms with Crippen molar-refractivity contribution in [2.24, 2.45) is 0 Å². The van der Waals surface area contributed by atoms with Gasteiger partial charge in [-0.3, -0.25) is 10.1 Å². The number of carbonyl (C=O) groups excluding carboxylic acids is 1. The van der Waals surface area contributed by atoms with Crippen molar-refractivity contribution in [3.63, 3.8) is 0 Å². The van der Waals surface area contributed by atoms with Gasteiger partial charge in [-0.15, -0.1) is 0 Å². The highest BCUT2D eigenvalue weighted by molar-refractivity contribution is 9.10. The third kappa shape index (κ3) is 1.86. The van der Waals surface area contributed by atoms with Gasteiger partial charge < -0.3 is 14.6 Å². The number of ether oxygens (including phenoxy) is 1. The van der Waals surface area contributed by atoms with Crippen molar-refractivity contribution in [3.8, 4) is 5.75 Å². The molecule has 0 unspecified atom stereocenters. The van der Waals surface area contributed by atoms with Crippen molar-refractivity contribution >= 4 is 38.4 Å². The van der Waals surface area contributed by atoms with Crippen LogP contribution in [0.25, 0.3) is 10.9 Å². The molecule has 2 N–H and O–H groups in total. The van der Waals surface area contributed by atoms with Crippen LogP contribution in [0.15, 0.2) is 40.9 Å². The van der Waals surface area contributed by atoms with Gasteiger partial charge in [0.05, 0.1) is 12.8 Å². The molecule has 0 bridgehead atoms. The molecule has 1 spiro atoms. The van der Waals surface area contributed by atoms with Gasteiger partial charge in [0.25, 0.3) is 5.91 Å². The van der Waals surface area contributed by atoms with E-state index in [0.29, 0.717) is 0 Å². The molecule has 0 saturated heterocycles. The zero-order valence-corrected chi connectivity index (χ0v) is 16.1. The van der Waals surface area contributed by atoms with Gasteiger partial charge in [-0.25, -0.2) is 0 Å². The van der Waals surface area contributed by atoms with Gasteiger partial charge in [0, 0.05) is 40.2 Å². The third-order valence-corrected chi connectivity index (χ3v) is 6.10. The molecule has 6 heteroatoms. The number of halogens is 1. The number of hydrogen-bond donors (Lipinski definition) is 2.